The molecule has 1 aliphatic heterocycles. The Morgan fingerprint density at radius 1 is 0.844 bits per heavy atom. The summed E-state index contributed by atoms with van der Waals surface area (Å²) in [6, 6.07) is 36.4. The maximum absolute atomic E-state index is 14.3. The predicted octanol–water partition coefficient (Wildman–Crippen LogP) is 7.22. The lowest BCUT2D eigenvalue weighted by Gasteiger charge is -2.37. The van der Waals surface area contributed by atoms with Gasteiger partial charge in [-0.3, -0.25) is 4.72 Å². The Morgan fingerprint density at radius 3 is 2.07 bits per heavy atom. The fraction of sp³-hybridized carbons (Fsp3) is 0.297. The average molecular weight is 622 g/mol. The number of anilines is 1. The smallest absolute Gasteiger partial charge is 0.341 e. The number of benzene rings is 4. The van der Waals surface area contributed by atoms with E-state index in [0.717, 1.165) is 41.5 Å². The van der Waals surface area contributed by atoms with Gasteiger partial charge in [-0.05, 0) is 48.6 Å². The quantitative estimate of drug-likeness (QED) is 0.189. The van der Waals surface area contributed by atoms with Crippen molar-refractivity contribution < 1.29 is 17.9 Å². The molecule has 8 heteroatoms. The molecule has 0 spiro atoms. The van der Waals surface area contributed by atoms with Gasteiger partial charge in [0.1, 0.15) is 5.84 Å². The van der Waals surface area contributed by atoms with E-state index in [9.17, 15) is 13.2 Å². The lowest BCUT2D eigenvalue weighted by atomic mass is 9.79. The number of carbonyl (C=O) groups is 1. The first-order chi connectivity index (χ1) is 21.9. The highest BCUT2D eigenvalue weighted by molar-refractivity contribution is 7.93. The zero-order valence-electron chi connectivity index (χ0n) is 25.5. The van der Waals surface area contributed by atoms with E-state index in [1.54, 1.807) is 19.1 Å². The first kappa shape index (κ1) is 30.6. The van der Waals surface area contributed by atoms with Crippen LogP contribution >= 0.6 is 0 Å². The molecule has 0 amide bonds. The molecule has 7 nitrogen and oxygen atoms in total. The van der Waals surface area contributed by atoms with Crippen LogP contribution in [-0.4, -0.2) is 37.0 Å². The van der Waals surface area contributed by atoms with E-state index in [2.05, 4.69) is 21.8 Å². The fourth-order valence-corrected chi connectivity index (χ4v) is 8.20. The second-order valence-corrected chi connectivity index (χ2v) is 13.7. The highest BCUT2D eigenvalue weighted by Gasteiger charge is 2.57. The second-order valence-electron chi connectivity index (χ2n) is 11.7. The average Bonchev–Trinajstić information content (AvgIpc) is 3.42. The van der Waals surface area contributed by atoms with E-state index in [1.165, 1.54) is 0 Å². The minimum absolute atomic E-state index is 0.205. The molecule has 1 N–H and O–H groups in total. The van der Waals surface area contributed by atoms with E-state index in [0.29, 0.717) is 30.9 Å². The molecule has 0 bridgehead atoms. The highest BCUT2D eigenvalue weighted by atomic mass is 32.2. The van der Waals surface area contributed by atoms with Crippen LogP contribution < -0.4 is 4.72 Å². The van der Waals surface area contributed by atoms with Crippen molar-refractivity contribution in [2.45, 2.75) is 62.4 Å². The largest absolute Gasteiger partial charge is 0.464 e. The van der Waals surface area contributed by atoms with Gasteiger partial charge in [0.2, 0.25) is 15.6 Å². The molecule has 45 heavy (non-hydrogen) atoms. The summed E-state index contributed by atoms with van der Waals surface area (Å²) in [6.45, 7) is 2.50. The van der Waals surface area contributed by atoms with Crippen LogP contribution in [0.2, 0.25) is 0 Å². The molecule has 232 valence electrons. The molecule has 4 aromatic carbocycles. The van der Waals surface area contributed by atoms with Gasteiger partial charge >= 0.3 is 5.97 Å². The molecule has 4 aromatic rings. The van der Waals surface area contributed by atoms with E-state index >= 15 is 0 Å². The summed E-state index contributed by atoms with van der Waals surface area (Å²) in [4.78, 5) is 21.8. The van der Waals surface area contributed by atoms with Crippen molar-refractivity contribution >= 4 is 27.5 Å². The third kappa shape index (κ3) is 6.25. The summed E-state index contributed by atoms with van der Waals surface area (Å²) in [7, 11) is -3.51. The summed E-state index contributed by atoms with van der Waals surface area (Å²) in [6.07, 6.45) is 4.31. The van der Waals surface area contributed by atoms with Crippen molar-refractivity contribution in [1.29, 1.82) is 0 Å². The predicted molar refractivity (Wildman–Crippen MR) is 178 cm³/mol. The number of rotatable bonds is 10. The van der Waals surface area contributed by atoms with Crippen molar-refractivity contribution in [2.75, 3.05) is 11.3 Å². The lowest BCUT2D eigenvalue weighted by molar-refractivity contribution is -0.151. The lowest BCUT2D eigenvalue weighted by Crippen LogP contribution is -2.44. The Hall–Kier alpha value is -4.43. The van der Waals surface area contributed by atoms with Gasteiger partial charge in [-0.25, -0.2) is 18.2 Å². The second kappa shape index (κ2) is 13.3. The molecule has 0 aromatic heterocycles. The first-order valence-corrected chi connectivity index (χ1v) is 17.3. The zero-order chi connectivity index (χ0) is 31.3. The Labute approximate surface area is 266 Å². The summed E-state index contributed by atoms with van der Waals surface area (Å²) >= 11 is 0. The topological polar surface area (TPSA) is 88.1 Å². The van der Waals surface area contributed by atoms with Crippen LogP contribution in [0.25, 0.3) is 0 Å². The van der Waals surface area contributed by atoms with E-state index in [1.807, 2.05) is 91.0 Å². The number of aliphatic imine (C=N–C) groups is 1. The molecular weight excluding hydrogens is 582 g/mol. The van der Waals surface area contributed by atoms with Crippen molar-refractivity contribution in [2.24, 2.45) is 4.99 Å². The molecular formula is C37H39N3O4S. The number of amidine groups is 1. The highest BCUT2D eigenvalue weighted by Crippen LogP contribution is 2.50. The van der Waals surface area contributed by atoms with Gasteiger partial charge < -0.3 is 9.64 Å². The van der Waals surface area contributed by atoms with Crippen molar-refractivity contribution in [3.8, 4) is 0 Å². The van der Waals surface area contributed by atoms with Crippen LogP contribution in [0.3, 0.4) is 0 Å². The molecule has 2 atom stereocenters. The number of ether oxygens (including phenoxy) is 1. The molecule has 0 unspecified atom stereocenters. The van der Waals surface area contributed by atoms with Crippen molar-refractivity contribution in [3.05, 3.63) is 138 Å². The zero-order valence-corrected chi connectivity index (χ0v) is 26.3. The van der Waals surface area contributed by atoms with E-state index in [-0.39, 0.29) is 11.9 Å². The number of esters is 1. The SMILES string of the molecule is CCOC(=O)[C@]1(c2ccccc2)N=C(c2ccccc2)N(Cc2ccccc2)[C@@H]1c1ccc(NS(=O)(=O)C2CCCCC2)cc1. The maximum atomic E-state index is 14.3. The number of nitrogens with one attached hydrogen (secondary N) is 1. The van der Waals surface area contributed by atoms with Crippen molar-refractivity contribution in [1.82, 2.24) is 4.90 Å². The molecule has 2 aliphatic rings. The molecule has 1 fully saturated rings. The monoisotopic (exact) mass is 621 g/mol. The third-order valence-corrected chi connectivity index (χ3v) is 10.6. The molecule has 1 saturated carbocycles. The van der Waals surface area contributed by atoms with Crippen LogP contribution in [-0.2, 0) is 31.6 Å². The van der Waals surface area contributed by atoms with E-state index < -0.39 is 27.6 Å². The Morgan fingerprint density at radius 2 is 1.44 bits per heavy atom. The summed E-state index contributed by atoms with van der Waals surface area (Å²) in [5.74, 6) is 0.246. The molecule has 6 rings (SSSR count). The standard InChI is InChI=1S/C37H39N3O4S/c1-2-44-36(41)37(31-19-11-5-12-20-31)34(29-23-25-32(26-24-29)39-45(42,43)33-21-13-6-14-22-33)40(27-28-15-7-3-8-16-28)35(38-37)30-17-9-4-10-18-30/h3-5,7-12,15-20,23-26,33-34,39H,2,6,13-14,21-22,27H2,1H3/t34-,37-/m1/s1. The number of nitrogens with zero attached hydrogens (tertiary/aromatic N) is 2. The van der Waals surface area contributed by atoms with Gasteiger partial charge in [0.25, 0.3) is 0 Å². The number of hydrogen-bond donors (Lipinski definition) is 1. The van der Waals surface area contributed by atoms with Gasteiger partial charge in [-0.2, -0.15) is 0 Å². The Balaban J connectivity index is 1.49. The normalized spacial score (nSPS) is 20.4. The van der Waals surface area contributed by atoms with Gasteiger partial charge in [0, 0.05) is 17.8 Å². The molecule has 1 aliphatic carbocycles. The molecule has 0 radical (unpaired) electrons. The van der Waals surface area contributed by atoms with Crippen LogP contribution in [0.15, 0.2) is 120 Å². The minimum Gasteiger partial charge on any atom is -0.464 e. The van der Waals surface area contributed by atoms with Crippen LogP contribution in [0.1, 0.15) is 67.3 Å². The third-order valence-electron chi connectivity index (χ3n) is 8.77. The number of carbonyl (C=O) groups excluding carboxylic acids is 1. The first-order valence-electron chi connectivity index (χ1n) is 15.7. The van der Waals surface area contributed by atoms with Crippen LogP contribution in [0.4, 0.5) is 5.69 Å². The van der Waals surface area contributed by atoms with Gasteiger partial charge in [0.15, 0.2) is 0 Å². The van der Waals surface area contributed by atoms with Gasteiger partial charge in [0.05, 0.1) is 17.9 Å². The van der Waals surface area contributed by atoms with Gasteiger partial charge in [-0.15, -0.1) is 0 Å². The number of hydrogen-bond acceptors (Lipinski definition) is 6. The Bertz CT molecular complexity index is 1720. The van der Waals surface area contributed by atoms with Crippen LogP contribution in [0, 0.1) is 0 Å². The summed E-state index contributed by atoms with van der Waals surface area (Å²) < 4.78 is 35.0. The van der Waals surface area contributed by atoms with Crippen LogP contribution in [0.5, 0.6) is 0 Å². The molecule has 0 saturated heterocycles. The Kier molecular flexibility index (Phi) is 9.03. The maximum Gasteiger partial charge on any atom is 0.341 e. The minimum atomic E-state index is -3.51. The summed E-state index contributed by atoms with van der Waals surface area (Å²) in [5.41, 5.74) is 2.58. The molecule has 1 heterocycles. The number of sulfonamides is 1. The summed E-state index contributed by atoms with van der Waals surface area (Å²) in [5, 5.41) is -0.376. The van der Waals surface area contributed by atoms with Crippen molar-refractivity contribution in [3.63, 3.8) is 0 Å². The fourth-order valence-electron chi connectivity index (χ4n) is 6.61. The van der Waals surface area contributed by atoms with E-state index in [4.69, 9.17) is 9.73 Å². The van der Waals surface area contributed by atoms with Gasteiger partial charge in [-0.1, -0.05) is 122 Å².